The Morgan fingerprint density at radius 3 is 2.46 bits per heavy atom. The first-order valence-corrected chi connectivity index (χ1v) is 9.74. The number of para-hydroxylation sites is 1. The zero-order valence-electron chi connectivity index (χ0n) is 15.7. The first kappa shape index (κ1) is 18.6. The van der Waals surface area contributed by atoms with Crippen LogP contribution in [-0.4, -0.2) is 29.3 Å². The molecule has 5 heteroatoms. The lowest BCUT2D eigenvalue weighted by molar-refractivity contribution is -0.128. The van der Waals surface area contributed by atoms with E-state index in [9.17, 15) is 4.79 Å². The molecule has 4 nitrogen and oxygen atoms in total. The highest BCUT2D eigenvalue weighted by molar-refractivity contribution is 8.00. The fourth-order valence-corrected chi connectivity index (χ4v) is 4.18. The summed E-state index contributed by atoms with van der Waals surface area (Å²) < 4.78 is 11.4. The van der Waals surface area contributed by atoms with Crippen LogP contribution in [0.15, 0.2) is 48.5 Å². The standard InChI is InChI=1S/C21H25NO3S/c1-21(2,3)25-16-11-9-15(10-12-16)13-22-19(23)14-26-20(22)17-7-5-6-8-18(17)24-4/h5-12,20H,13-14H2,1-4H3. The molecule has 1 unspecified atom stereocenters. The Balaban J connectivity index is 1.78. The van der Waals surface area contributed by atoms with Crippen molar-refractivity contribution in [1.82, 2.24) is 4.90 Å². The van der Waals surface area contributed by atoms with Crippen LogP contribution in [0.2, 0.25) is 0 Å². The summed E-state index contributed by atoms with van der Waals surface area (Å²) in [5.41, 5.74) is 1.90. The van der Waals surface area contributed by atoms with Crippen LogP contribution in [0.25, 0.3) is 0 Å². The van der Waals surface area contributed by atoms with Gasteiger partial charge in [-0.05, 0) is 44.5 Å². The van der Waals surface area contributed by atoms with Crippen LogP contribution in [0.4, 0.5) is 0 Å². The molecule has 0 saturated carbocycles. The van der Waals surface area contributed by atoms with E-state index in [-0.39, 0.29) is 16.9 Å². The molecule has 2 aromatic carbocycles. The van der Waals surface area contributed by atoms with Gasteiger partial charge in [0.2, 0.25) is 5.91 Å². The third-order valence-electron chi connectivity index (χ3n) is 4.07. The van der Waals surface area contributed by atoms with Gasteiger partial charge in [0.15, 0.2) is 0 Å². The summed E-state index contributed by atoms with van der Waals surface area (Å²) in [6, 6.07) is 15.9. The molecule has 1 aliphatic rings. The highest BCUT2D eigenvalue weighted by Gasteiger charge is 2.34. The Hall–Kier alpha value is -2.14. The highest BCUT2D eigenvalue weighted by atomic mass is 32.2. The van der Waals surface area contributed by atoms with Gasteiger partial charge in [-0.3, -0.25) is 4.79 Å². The molecule has 26 heavy (non-hydrogen) atoms. The Labute approximate surface area is 159 Å². The summed E-state index contributed by atoms with van der Waals surface area (Å²) in [7, 11) is 1.67. The van der Waals surface area contributed by atoms with Crippen molar-refractivity contribution in [2.75, 3.05) is 12.9 Å². The van der Waals surface area contributed by atoms with Crippen LogP contribution in [0.5, 0.6) is 11.5 Å². The predicted octanol–water partition coefficient (Wildman–Crippen LogP) is 4.65. The Bertz CT molecular complexity index is 768. The molecule has 0 aromatic heterocycles. The molecule has 1 saturated heterocycles. The van der Waals surface area contributed by atoms with Gasteiger partial charge >= 0.3 is 0 Å². The van der Waals surface area contributed by atoms with E-state index in [1.807, 2.05) is 74.2 Å². The molecule has 1 amide bonds. The molecular formula is C21H25NO3S. The van der Waals surface area contributed by atoms with Crippen molar-refractivity contribution < 1.29 is 14.3 Å². The summed E-state index contributed by atoms with van der Waals surface area (Å²) in [6.45, 7) is 6.65. The van der Waals surface area contributed by atoms with Crippen LogP contribution in [0.1, 0.15) is 37.3 Å². The number of carbonyl (C=O) groups excluding carboxylic acids is 1. The maximum Gasteiger partial charge on any atom is 0.234 e. The molecule has 1 heterocycles. The molecule has 2 aromatic rings. The van der Waals surface area contributed by atoms with E-state index in [0.29, 0.717) is 12.3 Å². The zero-order chi connectivity index (χ0) is 18.7. The minimum Gasteiger partial charge on any atom is -0.496 e. The van der Waals surface area contributed by atoms with Crippen LogP contribution in [-0.2, 0) is 11.3 Å². The third-order valence-corrected chi connectivity index (χ3v) is 5.31. The quantitative estimate of drug-likeness (QED) is 0.767. The monoisotopic (exact) mass is 371 g/mol. The molecule has 0 aliphatic carbocycles. The zero-order valence-corrected chi connectivity index (χ0v) is 16.5. The summed E-state index contributed by atoms with van der Waals surface area (Å²) >= 11 is 1.64. The second-order valence-corrected chi connectivity index (χ2v) is 8.35. The van der Waals surface area contributed by atoms with Crippen LogP contribution in [0.3, 0.4) is 0 Å². The molecule has 1 atom stereocenters. The number of ether oxygens (including phenoxy) is 2. The molecule has 1 fully saturated rings. The van der Waals surface area contributed by atoms with Crippen molar-refractivity contribution >= 4 is 17.7 Å². The second kappa shape index (κ2) is 7.62. The van der Waals surface area contributed by atoms with E-state index >= 15 is 0 Å². The normalized spacial score (nSPS) is 17.5. The molecule has 138 valence electrons. The lowest BCUT2D eigenvalue weighted by Crippen LogP contribution is -2.28. The third kappa shape index (κ3) is 4.33. The minimum atomic E-state index is -0.224. The Morgan fingerprint density at radius 1 is 1.12 bits per heavy atom. The van der Waals surface area contributed by atoms with Crippen molar-refractivity contribution in [3.05, 3.63) is 59.7 Å². The number of carbonyl (C=O) groups is 1. The maximum absolute atomic E-state index is 12.5. The van der Waals surface area contributed by atoms with Crippen LogP contribution >= 0.6 is 11.8 Å². The van der Waals surface area contributed by atoms with Crippen molar-refractivity contribution in [2.45, 2.75) is 38.3 Å². The number of rotatable bonds is 5. The predicted molar refractivity (Wildman–Crippen MR) is 106 cm³/mol. The average Bonchev–Trinajstić information content (AvgIpc) is 2.96. The fraction of sp³-hybridized carbons (Fsp3) is 0.381. The van der Waals surface area contributed by atoms with Crippen molar-refractivity contribution in [1.29, 1.82) is 0 Å². The highest BCUT2D eigenvalue weighted by Crippen LogP contribution is 2.43. The number of benzene rings is 2. The molecule has 0 bridgehead atoms. The van der Waals surface area contributed by atoms with Gasteiger partial charge in [0.25, 0.3) is 0 Å². The van der Waals surface area contributed by atoms with E-state index in [2.05, 4.69) is 0 Å². The van der Waals surface area contributed by atoms with Gasteiger partial charge < -0.3 is 14.4 Å². The Kier molecular flexibility index (Phi) is 5.47. The van der Waals surface area contributed by atoms with Gasteiger partial charge in [-0.1, -0.05) is 30.3 Å². The lowest BCUT2D eigenvalue weighted by Gasteiger charge is -2.26. The molecule has 3 rings (SSSR count). The first-order valence-electron chi connectivity index (χ1n) is 8.69. The van der Waals surface area contributed by atoms with E-state index in [1.165, 1.54) is 0 Å². The number of hydrogen-bond donors (Lipinski definition) is 0. The number of methoxy groups -OCH3 is 1. The van der Waals surface area contributed by atoms with Crippen LogP contribution < -0.4 is 9.47 Å². The SMILES string of the molecule is COc1ccccc1C1SCC(=O)N1Cc1ccc(OC(C)(C)C)cc1. The summed E-state index contributed by atoms with van der Waals surface area (Å²) in [4.78, 5) is 14.4. The van der Waals surface area contributed by atoms with Crippen molar-refractivity contribution in [3.8, 4) is 11.5 Å². The first-order chi connectivity index (χ1) is 12.4. The van der Waals surface area contributed by atoms with Gasteiger partial charge in [0.1, 0.15) is 22.5 Å². The van der Waals surface area contributed by atoms with Gasteiger partial charge in [0, 0.05) is 12.1 Å². The topological polar surface area (TPSA) is 38.8 Å². The van der Waals surface area contributed by atoms with E-state index in [0.717, 1.165) is 22.6 Å². The number of nitrogens with zero attached hydrogens (tertiary/aromatic N) is 1. The smallest absolute Gasteiger partial charge is 0.234 e. The van der Waals surface area contributed by atoms with Crippen molar-refractivity contribution in [3.63, 3.8) is 0 Å². The summed E-state index contributed by atoms with van der Waals surface area (Å²) in [5, 5.41) is -0.0239. The summed E-state index contributed by atoms with van der Waals surface area (Å²) in [5.74, 6) is 2.30. The van der Waals surface area contributed by atoms with Gasteiger partial charge in [0.05, 0.1) is 12.9 Å². The fourth-order valence-electron chi connectivity index (χ4n) is 2.97. The van der Waals surface area contributed by atoms with Gasteiger partial charge in [-0.25, -0.2) is 0 Å². The number of hydrogen-bond acceptors (Lipinski definition) is 4. The molecule has 0 spiro atoms. The second-order valence-electron chi connectivity index (χ2n) is 7.29. The molecular weight excluding hydrogens is 346 g/mol. The van der Waals surface area contributed by atoms with E-state index in [1.54, 1.807) is 18.9 Å². The molecule has 0 radical (unpaired) electrons. The molecule has 1 aliphatic heterocycles. The summed E-state index contributed by atoms with van der Waals surface area (Å²) in [6.07, 6.45) is 0. The minimum absolute atomic E-state index is 0.0239. The number of amides is 1. The van der Waals surface area contributed by atoms with Gasteiger partial charge in [-0.15, -0.1) is 11.8 Å². The largest absolute Gasteiger partial charge is 0.496 e. The molecule has 0 N–H and O–H groups in total. The van der Waals surface area contributed by atoms with E-state index in [4.69, 9.17) is 9.47 Å². The van der Waals surface area contributed by atoms with Gasteiger partial charge in [-0.2, -0.15) is 0 Å². The van der Waals surface area contributed by atoms with Crippen molar-refractivity contribution in [2.24, 2.45) is 0 Å². The van der Waals surface area contributed by atoms with E-state index < -0.39 is 0 Å². The average molecular weight is 372 g/mol. The lowest BCUT2D eigenvalue weighted by atomic mass is 10.1. The van der Waals surface area contributed by atoms with Crippen LogP contribution in [0, 0.1) is 0 Å². The number of thioether (sulfide) groups is 1. The Morgan fingerprint density at radius 2 is 1.81 bits per heavy atom. The maximum atomic E-state index is 12.5.